The number of likely N-dealkylation sites (tertiary alicyclic amines) is 1. The van der Waals surface area contributed by atoms with Crippen LogP contribution in [0.4, 0.5) is 0 Å². The van der Waals surface area contributed by atoms with Crippen molar-refractivity contribution in [3.63, 3.8) is 0 Å². The van der Waals surface area contributed by atoms with Crippen LogP contribution < -0.4 is 0 Å². The molecule has 2 aliphatic rings. The molecule has 2 aromatic rings. The molecule has 2 fully saturated rings. The second-order valence-corrected chi connectivity index (χ2v) is 6.50. The molecule has 1 aliphatic carbocycles. The molecule has 0 N–H and O–H groups in total. The lowest BCUT2D eigenvalue weighted by Crippen LogP contribution is -2.27. The number of benzene rings is 1. The Balaban J connectivity index is 1.42. The molecule has 5 heteroatoms. The van der Waals surface area contributed by atoms with Crippen LogP contribution in [0.15, 0.2) is 22.8 Å². The van der Waals surface area contributed by atoms with E-state index in [-0.39, 0.29) is 0 Å². The Morgan fingerprint density at radius 2 is 2.05 bits per heavy atom. The van der Waals surface area contributed by atoms with Gasteiger partial charge in [-0.1, -0.05) is 12.1 Å². The van der Waals surface area contributed by atoms with Crippen LogP contribution in [0.3, 0.4) is 0 Å². The summed E-state index contributed by atoms with van der Waals surface area (Å²) in [5.74, 6) is 2.74. The van der Waals surface area contributed by atoms with E-state index in [0.717, 1.165) is 35.3 Å². The van der Waals surface area contributed by atoms with Crippen LogP contribution in [-0.4, -0.2) is 53.8 Å². The van der Waals surface area contributed by atoms with Crippen molar-refractivity contribution in [3.8, 4) is 0 Å². The van der Waals surface area contributed by atoms with Gasteiger partial charge in [0.1, 0.15) is 11.0 Å². The monoisotopic (exact) mass is 272 g/mol. The van der Waals surface area contributed by atoms with Crippen LogP contribution in [0, 0.1) is 17.8 Å². The maximum atomic E-state index is 4.84. The molecule has 0 amide bonds. The van der Waals surface area contributed by atoms with E-state index in [1.807, 2.05) is 12.1 Å². The molecular weight excluding hydrogens is 252 g/mol. The van der Waals surface area contributed by atoms with Crippen molar-refractivity contribution in [2.75, 3.05) is 33.7 Å². The van der Waals surface area contributed by atoms with E-state index >= 15 is 0 Å². The van der Waals surface area contributed by atoms with Gasteiger partial charge < -0.3 is 4.90 Å². The first-order valence-corrected chi connectivity index (χ1v) is 7.29. The molecule has 2 heterocycles. The van der Waals surface area contributed by atoms with Gasteiger partial charge in [0.15, 0.2) is 0 Å². The first-order valence-electron chi connectivity index (χ1n) is 7.29. The molecule has 20 heavy (non-hydrogen) atoms. The summed E-state index contributed by atoms with van der Waals surface area (Å²) in [7, 11) is 4.34. The minimum absolute atomic E-state index is 0.859. The Hall–Kier alpha value is -1.46. The van der Waals surface area contributed by atoms with Crippen molar-refractivity contribution in [1.29, 1.82) is 0 Å². The summed E-state index contributed by atoms with van der Waals surface area (Å²) in [6.45, 7) is 4.66. The number of hydrogen-bond acceptors (Lipinski definition) is 5. The van der Waals surface area contributed by atoms with Gasteiger partial charge in [-0.3, -0.25) is 4.90 Å². The van der Waals surface area contributed by atoms with Crippen LogP contribution in [0.1, 0.15) is 5.56 Å². The summed E-state index contributed by atoms with van der Waals surface area (Å²) in [6, 6.07) is 6.12. The lowest BCUT2D eigenvalue weighted by atomic mass is 10.1. The van der Waals surface area contributed by atoms with Crippen LogP contribution in [-0.2, 0) is 6.54 Å². The third kappa shape index (κ3) is 2.01. The molecule has 0 radical (unpaired) electrons. The topological polar surface area (TPSA) is 45.4 Å². The number of piperidine rings is 1. The lowest BCUT2D eigenvalue weighted by Gasteiger charge is -2.20. The molecule has 1 saturated carbocycles. The van der Waals surface area contributed by atoms with Gasteiger partial charge in [-0.05, 0) is 53.8 Å². The number of fused-ring (bicyclic) bond motifs is 2. The van der Waals surface area contributed by atoms with Crippen molar-refractivity contribution in [1.82, 2.24) is 20.1 Å². The van der Waals surface area contributed by atoms with Crippen molar-refractivity contribution >= 4 is 11.0 Å². The number of rotatable bonds is 4. The zero-order valence-electron chi connectivity index (χ0n) is 12.0. The molecule has 1 aliphatic heterocycles. The minimum atomic E-state index is 0.859. The summed E-state index contributed by atoms with van der Waals surface area (Å²) in [4.78, 5) is 4.86. The van der Waals surface area contributed by atoms with E-state index in [4.69, 9.17) is 4.63 Å². The van der Waals surface area contributed by atoms with Gasteiger partial charge in [0.25, 0.3) is 0 Å². The molecule has 5 nitrogen and oxygen atoms in total. The number of hydrogen-bond donors (Lipinski definition) is 0. The number of aromatic nitrogens is 2. The lowest BCUT2D eigenvalue weighted by molar-refractivity contribution is 0.258. The highest BCUT2D eigenvalue weighted by Crippen LogP contribution is 2.52. The molecule has 3 atom stereocenters. The number of nitrogens with zero attached hydrogens (tertiary/aromatic N) is 4. The maximum absolute atomic E-state index is 4.84. The normalized spacial score (nSPS) is 29.2. The first kappa shape index (κ1) is 12.3. The zero-order chi connectivity index (χ0) is 13.7. The Bertz CT molecular complexity index is 611. The van der Waals surface area contributed by atoms with E-state index in [1.54, 1.807) is 0 Å². The fourth-order valence-corrected chi connectivity index (χ4v) is 3.79. The van der Waals surface area contributed by atoms with Gasteiger partial charge in [0, 0.05) is 26.2 Å². The second-order valence-electron chi connectivity index (χ2n) is 6.50. The van der Waals surface area contributed by atoms with Gasteiger partial charge in [0.2, 0.25) is 0 Å². The van der Waals surface area contributed by atoms with Crippen molar-refractivity contribution in [2.24, 2.45) is 17.8 Å². The molecule has 1 unspecified atom stereocenters. The largest absolute Gasteiger partial charge is 0.309 e. The van der Waals surface area contributed by atoms with Crippen LogP contribution >= 0.6 is 0 Å². The Kier molecular flexibility index (Phi) is 2.79. The fraction of sp³-hybridized carbons (Fsp3) is 0.600. The van der Waals surface area contributed by atoms with E-state index in [2.05, 4.69) is 40.3 Å². The standard InChI is InChI=1S/C15H20N4O/c1-18(2)7-11-12-8-19(9-13(11)12)6-10-4-3-5-14-15(10)17-20-16-14/h3-5,11-13H,6-9H2,1-2H3/t11?,12-,13+. The predicted molar refractivity (Wildman–Crippen MR) is 76.1 cm³/mol. The molecule has 4 rings (SSSR count). The molecule has 0 spiro atoms. The summed E-state index contributed by atoms with van der Waals surface area (Å²) in [5.41, 5.74) is 3.00. The summed E-state index contributed by atoms with van der Waals surface area (Å²) in [6.07, 6.45) is 0. The first-order chi connectivity index (χ1) is 9.72. The molecule has 1 aromatic heterocycles. The van der Waals surface area contributed by atoms with Crippen LogP contribution in [0.25, 0.3) is 11.0 Å². The average Bonchev–Trinajstić information content (AvgIpc) is 2.86. The van der Waals surface area contributed by atoms with Crippen molar-refractivity contribution < 1.29 is 4.63 Å². The Morgan fingerprint density at radius 1 is 1.25 bits per heavy atom. The third-order valence-electron chi connectivity index (χ3n) is 4.79. The summed E-state index contributed by atoms with van der Waals surface area (Å²) >= 11 is 0. The Morgan fingerprint density at radius 3 is 2.80 bits per heavy atom. The average molecular weight is 272 g/mol. The minimum Gasteiger partial charge on any atom is -0.309 e. The highest BCUT2D eigenvalue weighted by Gasteiger charge is 2.55. The smallest absolute Gasteiger partial charge is 0.139 e. The van der Waals surface area contributed by atoms with E-state index < -0.39 is 0 Å². The van der Waals surface area contributed by atoms with Gasteiger partial charge in [-0.2, -0.15) is 0 Å². The van der Waals surface area contributed by atoms with E-state index in [1.165, 1.54) is 25.2 Å². The molecule has 1 aromatic carbocycles. The Labute approximate surface area is 118 Å². The summed E-state index contributed by atoms with van der Waals surface area (Å²) < 4.78 is 4.84. The van der Waals surface area contributed by atoms with Gasteiger partial charge in [-0.15, -0.1) is 0 Å². The molecular formula is C15H20N4O. The zero-order valence-corrected chi connectivity index (χ0v) is 12.0. The summed E-state index contributed by atoms with van der Waals surface area (Å²) in [5, 5.41) is 7.94. The highest BCUT2D eigenvalue weighted by molar-refractivity contribution is 5.76. The fourth-order valence-electron chi connectivity index (χ4n) is 3.79. The molecule has 106 valence electrons. The predicted octanol–water partition coefficient (Wildman–Crippen LogP) is 1.46. The van der Waals surface area contributed by atoms with Gasteiger partial charge >= 0.3 is 0 Å². The molecule has 0 bridgehead atoms. The van der Waals surface area contributed by atoms with Crippen molar-refractivity contribution in [2.45, 2.75) is 6.54 Å². The maximum Gasteiger partial charge on any atom is 0.139 e. The second kappa shape index (κ2) is 4.53. The highest BCUT2D eigenvalue weighted by atomic mass is 16.6. The van der Waals surface area contributed by atoms with Gasteiger partial charge in [-0.25, -0.2) is 4.63 Å². The van der Waals surface area contributed by atoms with E-state index in [0.29, 0.717) is 0 Å². The molecule has 1 saturated heterocycles. The van der Waals surface area contributed by atoms with Crippen LogP contribution in [0.5, 0.6) is 0 Å². The van der Waals surface area contributed by atoms with Crippen LogP contribution in [0.2, 0.25) is 0 Å². The quantitative estimate of drug-likeness (QED) is 0.843. The third-order valence-corrected chi connectivity index (χ3v) is 4.79. The SMILES string of the molecule is CN(C)CC1[C@H]2CN(Cc3cccc4nonc34)C[C@@H]12. The van der Waals surface area contributed by atoms with E-state index in [9.17, 15) is 0 Å². The van der Waals surface area contributed by atoms with Crippen molar-refractivity contribution in [3.05, 3.63) is 23.8 Å². The van der Waals surface area contributed by atoms with Gasteiger partial charge in [0.05, 0.1) is 0 Å².